The fourth-order valence-electron chi connectivity index (χ4n) is 0.703. The molecule has 0 radical (unpaired) electrons. The molecule has 0 amide bonds. The van der Waals surface area contributed by atoms with Gasteiger partial charge in [-0.2, -0.15) is 0 Å². The van der Waals surface area contributed by atoms with Crippen LogP contribution in [0.5, 0.6) is 0 Å². The van der Waals surface area contributed by atoms with Crippen molar-refractivity contribution in [1.82, 2.24) is 0 Å². The third-order valence-corrected chi connectivity index (χ3v) is 1.46. The Morgan fingerprint density at radius 3 is 2.70 bits per heavy atom. The van der Waals surface area contributed by atoms with Gasteiger partial charge in [0, 0.05) is 25.7 Å². The highest BCUT2D eigenvalue weighted by Gasteiger charge is 2.00. The third kappa shape index (κ3) is 1.23. The van der Waals surface area contributed by atoms with Crippen molar-refractivity contribution in [3.63, 3.8) is 0 Å². The van der Waals surface area contributed by atoms with Crippen LogP contribution in [-0.4, -0.2) is 13.6 Å². The van der Waals surface area contributed by atoms with Gasteiger partial charge in [-0.05, 0) is 6.92 Å². The predicted molar refractivity (Wildman–Crippen MR) is 42.1 cm³/mol. The van der Waals surface area contributed by atoms with Crippen molar-refractivity contribution in [2.24, 2.45) is 0 Å². The van der Waals surface area contributed by atoms with E-state index in [0.717, 1.165) is 12.4 Å². The summed E-state index contributed by atoms with van der Waals surface area (Å²) >= 11 is 0. The summed E-state index contributed by atoms with van der Waals surface area (Å²) in [5.74, 6) is 1.29. The highest BCUT2D eigenvalue weighted by atomic mass is 16.4. The van der Waals surface area contributed by atoms with Crippen molar-refractivity contribution in [1.29, 1.82) is 0 Å². The Morgan fingerprint density at radius 2 is 2.30 bits per heavy atom. The van der Waals surface area contributed by atoms with E-state index in [4.69, 9.17) is 10.2 Å². The van der Waals surface area contributed by atoms with Crippen LogP contribution in [0.15, 0.2) is 16.5 Å². The summed E-state index contributed by atoms with van der Waals surface area (Å²) < 4.78 is 5.14. The molecular weight excluding hydrogens is 128 g/mol. The lowest BCUT2D eigenvalue weighted by molar-refractivity contribution is 0.576. The molecule has 1 heterocycles. The molecule has 0 saturated carbocycles. The molecular formula is C7H12N2O. The Labute approximate surface area is 60.4 Å². The van der Waals surface area contributed by atoms with Crippen molar-refractivity contribution >= 4 is 11.8 Å². The SMILES string of the molecule is CCN(C)c1ccc(N)o1. The highest BCUT2D eigenvalue weighted by Crippen LogP contribution is 2.17. The number of furan rings is 1. The van der Waals surface area contributed by atoms with Gasteiger partial charge >= 0.3 is 0 Å². The molecule has 10 heavy (non-hydrogen) atoms. The van der Waals surface area contributed by atoms with E-state index in [-0.39, 0.29) is 0 Å². The quantitative estimate of drug-likeness (QED) is 0.673. The number of hydrogen-bond donors (Lipinski definition) is 1. The van der Waals surface area contributed by atoms with Gasteiger partial charge in [0.15, 0.2) is 11.8 Å². The van der Waals surface area contributed by atoms with Gasteiger partial charge in [-0.1, -0.05) is 0 Å². The molecule has 3 nitrogen and oxygen atoms in total. The molecule has 0 aliphatic rings. The smallest absolute Gasteiger partial charge is 0.197 e. The van der Waals surface area contributed by atoms with Crippen LogP contribution in [0.4, 0.5) is 11.8 Å². The number of nitrogens with zero attached hydrogens (tertiary/aromatic N) is 1. The number of hydrogen-bond acceptors (Lipinski definition) is 3. The molecule has 0 aliphatic heterocycles. The summed E-state index contributed by atoms with van der Waals surface area (Å²) in [6, 6.07) is 3.61. The molecule has 0 aromatic carbocycles. The number of nitrogens with two attached hydrogens (primary N) is 1. The molecule has 1 rings (SSSR count). The van der Waals surface area contributed by atoms with Gasteiger partial charge in [-0.25, -0.2) is 0 Å². The number of nitrogen functional groups attached to an aromatic ring is 1. The van der Waals surface area contributed by atoms with E-state index < -0.39 is 0 Å². The van der Waals surface area contributed by atoms with Gasteiger partial charge in [-0.3, -0.25) is 0 Å². The molecule has 0 unspecified atom stereocenters. The molecule has 3 heteroatoms. The Balaban J connectivity index is 2.74. The summed E-state index contributed by atoms with van der Waals surface area (Å²) in [5.41, 5.74) is 5.38. The van der Waals surface area contributed by atoms with Gasteiger partial charge in [0.25, 0.3) is 0 Å². The van der Waals surface area contributed by atoms with E-state index in [0.29, 0.717) is 5.88 Å². The second kappa shape index (κ2) is 2.64. The minimum absolute atomic E-state index is 0.468. The van der Waals surface area contributed by atoms with Crippen LogP contribution >= 0.6 is 0 Å². The second-order valence-electron chi connectivity index (χ2n) is 2.19. The monoisotopic (exact) mass is 140 g/mol. The van der Waals surface area contributed by atoms with Crippen LogP contribution in [0.25, 0.3) is 0 Å². The van der Waals surface area contributed by atoms with Gasteiger partial charge in [0.1, 0.15) is 0 Å². The molecule has 56 valence electrons. The van der Waals surface area contributed by atoms with Crippen molar-refractivity contribution in [3.8, 4) is 0 Å². The highest BCUT2D eigenvalue weighted by molar-refractivity contribution is 5.41. The van der Waals surface area contributed by atoms with Gasteiger partial charge in [-0.15, -0.1) is 0 Å². The zero-order valence-corrected chi connectivity index (χ0v) is 6.29. The molecule has 0 bridgehead atoms. The zero-order valence-electron chi connectivity index (χ0n) is 6.29. The molecule has 1 aromatic rings. The second-order valence-corrected chi connectivity index (χ2v) is 2.19. The fraction of sp³-hybridized carbons (Fsp3) is 0.429. The maximum atomic E-state index is 5.38. The Morgan fingerprint density at radius 1 is 1.60 bits per heavy atom. The normalized spacial score (nSPS) is 9.80. The van der Waals surface area contributed by atoms with Gasteiger partial charge < -0.3 is 15.1 Å². The molecule has 0 fully saturated rings. The number of rotatable bonds is 2. The van der Waals surface area contributed by atoms with E-state index >= 15 is 0 Å². The lowest BCUT2D eigenvalue weighted by atomic mass is 10.5. The van der Waals surface area contributed by atoms with Crippen molar-refractivity contribution < 1.29 is 4.42 Å². The Kier molecular flexibility index (Phi) is 1.85. The van der Waals surface area contributed by atoms with Crippen LogP contribution in [-0.2, 0) is 0 Å². The first kappa shape index (κ1) is 6.99. The van der Waals surface area contributed by atoms with Crippen LogP contribution in [0.1, 0.15) is 6.92 Å². The summed E-state index contributed by atoms with van der Waals surface area (Å²) in [6.45, 7) is 2.98. The van der Waals surface area contributed by atoms with Gasteiger partial charge in [0.05, 0.1) is 0 Å². The molecule has 2 N–H and O–H groups in total. The van der Waals surface area contributed by atoms with Crippen LogP contribution in [0.3, 0.4) is 0 Å². The largest absolute Gasteiger partial charge is 0.425 e. The standard InChI is InChI=1S/C7H12N2O/c1-3-9(2)7-5-4-6(8)10-7/h4-5H,3,8H2,1-2H3. The van der Waals surface area contributed by atoms with E-state index in [1.807, 2.05) is 18.0 Å². The maximum absolute atomic E-state index is 5.38. The van der Waals surface area contributed by atoms with E-state index in [1.54, 1.807) is 6.07 Å². The summed E-state index contributed by atoms with van der Waals surface area (Å²) in [4.78, 5) is 1.98. The summed E-state index contributed by atoms with van der Waals surface area (Å²) in [5, 5.41) is 0. The maximum Gasteiger partial charge on any atom is 0.197 e. The van der Waals surface area contributed by atoms with Crippen LogP contribution in [0.2, 0.25) is 0 Å². The van der Waals surface area contributed by atoms with Crippen LogP contribution in [0, 0.1) is 0 Å². The lowest BCUT2D eigenvalue weighted by Crippen LogP contribution is -2.14. The zero-order chi connectivity index (χ0) is 7.56. The average molecular weight is 140 g/mol. The fourth-order valence-corrected chi connectivity index (χ4v) is 0.703. The first-order valence-corrected chi connectivity index (χ1v) is 3.30. The Bertz CT molecular complexity index is 207. The van der Waals surface area contributed by atoms with Crippen LogP contribution < -0.4 is 10.6 Å². The number of anilines is 2. The van der Waals surface area contributed by atoms with E-state index in [9.17, 15) is 0 Å². The first-order valence-electron chi connectivity index (χ1n) is 3.30. The summed E-state index contributed by atoms with van der Waals surface area (Å²) in [6.07, 6.45) is 0. The van der Waals surface area contributed by atoms with Gasteiger partial charge in [0.2, 0.25) is 0 Å². The molecule has 1 aromatic heterocycles. The topological polar surface area (TPSA) is 42.4 Å². The third-order valence-electron chi connectivity index (χ3n) is 1.46. The van der Waals surface area contributed by atoms with Crippen molar-refractivity contribution in [3.05, 3.63) is 12.1 Å². The van der Waals surface area contributed by atoms with Crippen molar-refractivity contribution in [2.75, 3.05) is 24.2 Å². The minimum atomic E-state index is 0.468. The molecule has 0 spiro atoms. The lowest BCUT2D eigenvalue weighted by Gasteiger charge is -2.11. The minimum Gasteiger partial charge on any atom is -0.425 e. The summed E-state index contributed by atoms with van der Waals surface area (Å²) in [7, 11) is 1.96. The van der Waals surface area contributed by atoms with E-state index in [1.165, 1.54) is 0 Å². The van der Waals surface area contributed by atoms with Crippen molar-refractivity contribution in [2.45, 2.75) is 6.92 Å². The van der Waals surface area contributed by atoms with E-state index in [2.05, 4.69) is 6.92 Å². The predicted octanol–water partition coefficient (Wildman–Crippen LogP) is 1.32. The average Bonchev–Trinajstić information content (AvgIpc) is 2.34. The molecule has 0 saturated heterocycles. The first-order chi connectivity index (χ1) is 4.74. The molecule has 0 aliphatic carbocycles. The molecule has 0 atom stereocenters. The Hall–Kier alpha value is -1.12.